The summed E-state index contributed by atoms with van der Waals surface area (Å²) in [5, 5.41) is 3.77. The molecule has 0 aromatic rings. The molecular weight excluding hydrogens is 224 g/mol. The van der Waals surface area contributed by atoms with Gasteiger partial charge in [-0.05, 0) is 65.5 Å². The number of ether oxygens (including phenoxy) is 1. The molecule has 0 spiro atoms. The Kier molecular flexibility index (Phi) is 5.93. The third-order valence-corrected chi connectivity index (χ3v) is 3.87. The van der Waals surface area contributed by atoms with Gasteiger partial charge in [-0.3, -0.25) is 0 Å². The van der Waals surface area contributed by atoms with Gasteiger partial charge in [0.05, 0.1) is 6.10 Å². The first-order valence-corrected chi connectivity index (χ1v) is 7.84. The van der Waals surface area contributed by atoms with Crippen molar-refractivity contribution in [1.29, 1.82) is 0 Å². The third-order valence-electron chi connectivity index (χ3n) is 3.87. The topological polar surface area (TPSA) is 24.5 Å². The molecule has 2 fully saturated rings. The van der Waals surface area contributed by atoms with Crippen LogP contribution in [0.3, 0.4) is 0 Å². The fraction of sp³-hybridized carbons (Fsp3) is 1.00. The molecule has 0 bridgehead atoms. The van der Waals surface area contributed by atoms with E-state index in [0.29, 0.717) is 6.10 Å². The molecule has 1 saturated heterocycles. The molecule has 1 heterocycles. The normalized spacial score (nSPS) is 25.8. The zero-order chi connectivity index (χ0) is 12.8. The van der Waals surface area contributed by atoms with Gasteiger partial charge in [0.2, 0.25) is 0 Å². The number of piperidine rings is 1. The molecule has 0 amide bonds. The van der Waals surface area contributed by atoms with Crippen LogP contribution in [0.25, 0.3) is 0 Å². The number of rotatable bonds is 8. The molecule has 2 aliphatic rings. The Morgan fingerprint density at radius 2 is 2.00 bits per heavy atom. The van der Waals surface area contributed by atoms with Crippen LogP contribution in [0.1, 0.15) is 52.4 Å². The van der Waals surface area contributed by atoms with E-state index in [-0.39, 0.29) is 0 Å². The van der Waals surface area contributed by atoms with Crippen LogP contribution in [0.15, 0.2) is 0 Å². The lowest BCUT2D eigenvalue weighted by Gasteiger charge is -2.33. The van der Waals surface area contributed by atoms with Crippen LogP contribution in [-0.2, 0) is 4.74 Å². The van der Waals surface area contributed by atoms with Gasteiger partial charge >= 0.3 is 0 Å². The maximum atomic E-state index is 5.58. The molecule has 1 N–H and O–H groups in total. The Morgan fingerprint density at radius 1 is 1.17 bits per heavy atom. The van der Waals surface area contributed by atoms with Crippen LogP contribution in [0.4, 0.5) is 0 Å². The van der Waals surface area contributed by atoms with Crippen molar-refractivity contribution in [3.05, 3.63) is 0 Å². The third kappa shape index (κ3) is 5.68. The highest BCUT2D eigenvalue weighted by Gasteiger charge is 2.27. The zero-order valence-corrected chi connectivity index (χ0v) is 12.2. The van der Waals surface area contributed by atoms with Gasteiger partial charge in [-0.2, -0.15) is 0 Å². The van der Waals surface area contributed by atoms with Crippen molar-refractivity contribution in [2.75, 3.05) is 26.2 Å². The number of likely N-dealkylation sites (tertiary alicyclic amines) is 1. The average Bonchev–Trinajstić information content (AvgIpc) is 3.13. The smallest absolute Gasteiger partial charge is 0.0518 e. The van der Waals surface area contributed by atoms with E-state index >= 15 is 0 Å². The largest absolute Gasteiger partial charge is 0.379 e. The molecule has 3 nitrogen and oxygen atoms in total. The minimum atomic E-state index is 0.382. The van der Waals surface area contributed by atoms with Gasteiger partial charge in [0.1, 0.15) is 0 Å². The highest BCUT2D eigenvalue weighted by molar-refractivity contribution is 4.87. The minimum Gasteiger partial charge on any atom is -0.379 e. The van der Waals surface area contributed by atoms with Crippen molar-refractivity contribution < 1.29 is 4.74 Å². The van der Waals surface area contributed by atoms with Crippen LogP contribution >= 0.6 is 0 Å². The van der Waals surface area contributed by atoms with Gasteiger partial charge in [-0.25, -0.2) is 0 Å². The van der Waals surface area contributed by atoms with Crippen LogP contribution in [0.5, 0.6) is 0 Å². The predicted molar refractivity (Wildman–Crippen MR) is 75.9 cm³/mol. The summed E-state index contributed by atoms with van der Waals surface area (Å²) in [7, 11) is 0. The summed E-state index contributed by atoms with van der Waals surface area (Å²) in [6.07, 6.45) is 8.42. The molecule has 1 atom stereocenters. The van der Waals surface area contributed by atoms with E-state index in [9.17, 15) is 0 Å². The lowest BCUT2D eigenvalue weighted by atomic mass is 10.1. The molecule has 1 aliphatic heterocycles. The van der Waals surface area contributed by atoms with E-state index in [1.54, 1.807) is 0 Å². The second kappa shape index (κ2) is 7.46. The van der Waals surface area contributed by atoms with E-state index in [2.05, 4.69) is 24.1 Å². The molecule has 18 heavy (non-hydrogen) atoms. The molecule has 1 aliphatic carbocycles. The molecule has 2 rings (SSSR count). The lowest BCUT2D eigenvalue weighted by Crippen LogP contribution is -2.46. The van der Waals surface area contributed by atoms with E-state index in [4.69, 9.17) is 4.74 Å². The predicted octanol–water partition coefficient (Wildman–Crippen LogP) is 2.41. The van der Waals surface area contributed by atoms with E-state index in [1.807, 2.05) is 0 Å². The van der Waals surface area contributed by atoms with E-state index in [0.717, 1.165) is 18.7 Å². The molecule has 1 saturated carbocycles. The van der Waals surface area contributed by atoms with Gasteiger partial charge in [-0.15, -0.1) is 0 Å². The van der Waals surface area contributed by atoms with Crippen molar-refractivity contribution in [2.45, 2.75) is 70.6 Å². The van der Waals surface area contributed by atoms with Crippen LogP contribution in [-0.4, -0.2) is 49.3 Å². The summed E-state index contributed by atoms with van der Waals surface area (Å²) >= 11 is 0. The van der Waals surface area contributed by atoms with Crippen LogP contribution in [0.2, 0.25) is 0 Å². The first-order chi connectivity index (χ1) is 8.74. The highest BCUT2D eigenvalue weighted by Crippen LogP contribution is 2.22. The maximum Gasteiger partial charge on any atom is 0.0518 e. The van der Waals surface area contributed by atoms with Crippen LogP contribution in [0, 0.1) is 0 Å². The van der Waals surface area contributed by atoms with Gasteiger partial charge in [-0.1, -0.05) is 0 Å². The number of nitrogens with one attached hydrogen (secondary N) is 1. The molecule has 1 unspecified atom stereocenters. The van der Waals surface area contributed by atoms with Crippen LogP contribution < -0.4 is 5.32 Å². The molecular formula is C15H30N2O. The van der Waals surface area contributed by atoms with E-state index < -0.39 is 0 Å². The molecule has 0 aromatic heterocycles. The van der Waals surface area contributed by atoms with Crippen molar-refractivity contribution in [3.63, 3.8) is 0 Å². The van der Waals surface area contributed by atoms with E-state index in [1.165, 1.54) is 58.2 Å². The number of unbranched alkanes of at least 4 members (excludes halogenated alkanes) is 1. The quantitative estimate of drug-likeness (QED) is 0.673. The second-order valence-electron chi connectivity index (χ2n) is 6.21. The summed E-state index contributed by atoms with van der Waals surface area (Å²) in [6, 6.07) is 1.62. The Labute approximate surface area is 112 Å². The average molecular weight is 254 g/mol. The molecule has 0 radical (unpaired) electrons. The second-order valence-corrected chi connectivity index (χ2v) is 6.21. The maximum absolute atomic E-state index is 5.58. The number of hydrogen-bond donors (Lipinski definition) is 1. The highest BCUT2D eigenvalue weighted by atomic mass is 16.5. The summed E-state index contributed by atoms with van der Waals surface area (Å²) in [5.41, 5.74) is 0. The standard InChI is InChI=1S/C15H30N2O/c1-13(2)18-11-4-3-9-17-10-5-6-15(12-17)16-14-7-8-14/h13-16H,3-12H2,1-2H3. The summed E-state index contributed by atoms with van der Waals surface area (Å²) in [5.74, 6) is 0. The van der Waals surface area contributed by atoms with Gasteiger partial charge < -0.3 is 15.0 Å². The van der Waals surface area contributed by atoms with Crippen molar-refractivity contribution in [3.8, 4) is 0 Å². The Morgan fingerprint density at radius 3 is 2.72 bits per heavy atom. The van der Waals surface area contributed by atoms with Gasteiger partial charge in [0.15, 0.2) is 0 Å². The van der Waals surface area contributed by atoms with Gasteiger partial charge in [0, 0.05) is 25.2 Å². The van der Waals surface area contributed by atoms with Gasteiger partial charge in [0.25, 0.3) is 0 Å². The number of nitrogens with zero attached hydrogens (tertiary/aromatic N) is 1. The van der Waals surface area contributed by atoms with Crippen molar-refractivity contribution in [1.82, 2.24) is 10.2 Å². The summed E-state index contributed by atoms with van der Waals surface area (Å²) in [6.45, 7) is 8.96. The van der Waals surface area contributed by atoms with Crippen molar-refractivity contribution in [2.24, 2.45) is 0 Å². The Hall–Kier alpha value is -0.120. The zero-order valence-electron chi connectivity index (χ0n) is 12.2. The first-order valence-electron chi connectivity index (χ1n) is 7.84. The Balaban J connectivity index is 1.51. The van der Waals surface area contributed by atoms with Crippen molar-refractivity contribution >= 4 is 0 Å². The fourth-order valence-electron chi connectivity index (χ4n) is 2.73. The molecule has 0 aromatic carbocycles. The fourth-order valence-corrected chi connectivity index (χ4v) is 2.73. The SMILES string of the molecule is CC(C)OCCCCN1CCCC(NC2CC2)C1. The first kappa shape index (κ1) is 14.3. The lowest BCUT2D eigenvalue weighted by molar-refractivity contribution is 0.0732. The molecule has 3 heteroatoms. The monoisotopic (exact) mass is 254 g/mol. The summed E-state index contributed by atoms with van der Waals surface area (Å²) in [4.78, 5) is 2.64. The molecule has 106 valence electrons. The number of hydrogen-bond acceptors (Lipinski definition) is 3. The minimum absolute atomic E-state index is 0.382. The summed E-state index contributed by atoms with van der Waals surface area (Å²) < 4.78 is 5.58. The Bertz CT molecular complexity index is 229.